The zero-order valence-corrected chi connectivity index (χ0v) is 27.0. The van der Waals surface area contributed by atoms with E-state index in [0.717, 1.165) is 83.6 Å². The molecule has 0 spiro atoms. The van der Waals surface area contributed by atoms with Crippen molar-refractivity contribution < 1.29 is 20.1 Å². The van der Waals surface area contributed by atoms with Crippen molar-refractivity contribution in [3.05, 3.63) is 0 Å². The number of unbranched alkanes of at least 4 members (excludes halogenated alkanes) is 6. The SMILES string of the molecule is CC#CC#CCCCCCCCCNC(=O)CC[C@@H](C)[C@H]1CC[C@H]2[C@@H]3[C@H](O)C[C@@H]4C[C@H](O)CC[C@]4(C)[C@H]3C[C@H](O)[C@]12C. The number of aliphatic hydroxyl groups is 3. The topological polar surface area (TPSA) is 89.8 Å². The standard InChI is InChI=1S/C37H59NO4/c1-5-6-7-8-9-10-11-12-13-14-15-22-38-34(42)19-16-26(2)29-17-18-30-35-31(25-33(41)37(29,30)4)36(3)21-20-28(39)23-27(36)24-32(35)40/h26-33,35,39-41H,9-25H2,1-4H3,(H,38,42)/t26-,27+,28-,29-,30+,31+,32-,33+,35+,36+,37-/m1/s1. The summed E-state index contributed by atoms with van der Waals surface area (Å²) in [5.41, 5.74) is -0.0993. The smallest absolute Gasteiger partial charge is 0.220 e. The van der Waals surface area contributed by atoms with E-state index in [-0.39, 0.29) is 41.0 Å². The van der Waals surface area contributed by atoms with Gasteiger partial charge >= 0.3 is 0 Å². The minimum Gasteiger partial charge on any atom is -0.393 e. The number of aliphatic hydroxyl groups excluding tert-OH is 3. The quantitative estimate of drug-likeness (QED) is 0.162. The first kappa shape index (κ1) is 33.4. The molecule has 11 atom stereocenters. The van der Waals surface area contributed by atoms with E-state index in [0.29, 0.717) is 36.0 Å². The summed E-state index contributed by atoms with van der Waals surface area (Å²) < 4.78 is 0. The molecule has 0 aromatic rings. The van der Waals surface area contributed by atoms with E-state index in [4.69, 9.17) is 0 Å². The van der Waals surface area contributed by atoms with Crippen LogP contribution in [0.1, 0.15) is 130 Å². The number of nitrogens with one attached hydrogen (secondary N) is 1. The second kappa shape index (κ2) is 15.0. The molecule has 0 aromatic carbocycles. The molecule has 0 heterocycles. The van der Waals surface area contributed by atoms with Crippen LogP contribution in [0.5, 0.6) is 0 Å². The van der Waals surface area contributed by atoms with E-state index in [1.165, 1.54) is 19.3 Å². The summed E-state index contributed by atoms with van der Waals surface area (Å²) in [6.45, 7) is 9.53. The van der Waals surface area contributed by atoms with Crippen molar-refractivity contribution >= 4 is 5.91 Å². The summed E-state index contributed by atoms with van der Waals surface area (Å²) in [6.07, 6.45) is 14.7. The Morgan fingerprint density at radius 1 is 0.929 bits per heavy atom. The Hall–Kier alpha value is -1.53. The van der Waals surface area contributed by atoms with Crippen molar-refractivity contribution in [3.63, 3.8) is 0 Å². The van der Waals surface area contributed by atoms with E-state index in [1.807, 2.05) is 6.92 Å². The normalized spacial score (nSPS) is 39.4. The highest BCUT2D eigenvalue weighted by Crippen LogP contribution is 2.68. The van der Waals surface area contributed by atoms with Crippen molar-refractivity contribution in [1.82, 2.24) is 5.32 Å². The van der Waals surface area contributed by atoms with Gasteiger partial charge in [0.25, 0.3) is 0 Å². The van der Waals surface area contributed by atoms with Crippen molar-refractivity contribution in [1.29, 1.82) is 0 Å². The second-order valence-corrected chi connectivity index (χ2v) is 14.9. The monoisotopic (exact) mass is 581 g/mol. The van der Waals surface area contributed by atoms with Gasteiger partial charge in [0.2, 0.25) is 5.91 Å². The van der Waals surface area contributed by atoms with E-state index < -0.39 is 0 Å². The van der Waals surface area contributed by atoms with Crippen LogP contribution in [-0.2, 0) is 4.79 Å². The van der Waals surface area contributed by atoms with E-state index in [1.54, 1.807) is 0 Å². The molecule has 236 valence electrons. The number of rotatable bonds is 12. The maximum Gasteiger partial charge on any atom is 0.220 e. The number of carbonyl (C=O) groups excluding carboxylic acids is 1. The maximum atomic E-state index is 12.7. The van der Waals surface area contributed by atoms with Gasteiger partial charge in [-0.25, -0.2) is 0 Å². The molecular formula is C37H59NO4. The molecule has 0 aliphatic heterocycles. The zero-order chi connectivity index (χ0) is 30.3. The average Bonchev–Trinajstić information content (AvgIpc) is 3.32. The number of hydrogen-bond acceptors (Lipinski definition) is 4. The lowest BCUT2D eigenvalue weighted by molar-refractivity contribution is -0.207. The molecule has 4 aliphatic carbocycles. The Labute approximate surface area is 256 Å². The van der Waals surface area contributed by atoms with Crippen LogP contribution in [0.3, 0.4) is 0 Å². The number of fused-ring (bicyclic) bond motifs is 5. The summed E-state index contributed by atoms with van der Waals surface area (Å²) in [4.78, 5) is 12.7. The van der Waals surface area contributed by atoms with Gasteiger partial charge in [0.15, 0.2) is 0 Å². The average molecular weight is 582 g/mol. The minimum atomic E-state index is -0.370. The third-order valence-electron chi connectivity index (χ3n) is 12.7. The van der Waals surface area contributed by atoms with Crippen LogP contribution in [0.2, 0.25) is 0 Å². The maximum absolute atomic E-state index is 12.7. The minimum absolute atomic E-state index is 0.103. The van der Waals surface area contributed by atoms with Gasteiger partial charge in [-0.15, -0.1) is 0 Å². The molecule has 4 saturated carbocycles. The highest BCUT2D eigenvalue weighted by molar-refractivity contribution is 5.75. The lowest BCUT2D eigenvalue weighted by Gasteiger charge is -2.63. The fourth-order valence-corrected chi connectivity index (χ4v) is 10.2. The Balaban J connectivity index is 1.20. The largest absolute Gasteiger partial charge is 0.393 e. The molecule has 5 heteroatoms. The van der Waals surface area contributed by atoms with Crippen molar-refractivity contribution in [2.24, 2.45) is 46.3 Å². The predicted molar refractivity (Wildman–Crippen MR) is 169 cm³/mol. The summed E-state index contributed by atoms with van der Waals surface area (Å²) in [6, 6.07) is 0. The Bertz CT molecular complexity index is 1020. The molecule has 4 N–H and O–H groups in total. The van der Waals surface area contributed by atoms with E-state index >= 15 is 0 Å². The predicted octanol–water partition coefficient (Wildman–Crippen LogP) is 6.24. The third kappa shape index (κ3) is 7.22. The van der Waals surface area contributed by atoms with Gasteiger partial charge in [0.05, 0.1) is 18.3 Å². The molecule has 0 unspecified atom stereocenters. The van der Waals surface area contributed by atoms with Gasteiger partial charge in [-0.1, -0.05) is 58.3 Å². The van der Waals surface area contributed by atoms with Crippen LogP contribution in [0.15, 0.2) is 0 Å². The summed E-state index contributed by atoms with van der Waals surface area (Å²) >= 11 is 0. The lowest BCUT2D eigenvalue weighted by Crippen LogP contribution is -2.62. The molecule has 0 saturated heterocycles. The van der Waals surface area contributed by atoms with E-state index in [9.17, 15) is 20.1 Å². The van der Waals surface area contributed by atoms with Crippen molar-refractivity contribution in [3.8, 4) is 23.7 Å². The fraction of sp³-hybridized carbons (Fsp3) is 0.865. The molecule has 0 aromatic heterocycles. The summed E-state index contributed by atoms with van der Waals surface area (Å²) in [7, 11) is 0. The Kier molecular flexibility index (Phi) is 11.9. The highest BCUT2D eigenvalue weighted by Gasteiger charge is 2.65. The Morgan fingerprint density at radius 2 is 1.67 bits per heavy atom. The molecule has 4 rings (SSSR count). The van der Waals surface area contributed by atoms with Crippen LogP contribution in [0, 0.1) is 70.0 Å². The molecule has 42 heavy (non-hydrogen) atoms. The van der Waals surface area contributed by atoms with E-state index in [2.05, 4.69) is 49.8 Å². The molecule has 0 bridgehead atoms. The van der Waals surface area contributed by atoms with Crippen molar-refractivity contribution in [2.75, 3.05) is 6.54 Å². The molecule has 4 fully saturated rings. The molecule has 4 aliphatic rings. The fourth-order valence-electron chi connectivity index (χ4n) is 10.2. The van der Waals surface area contributed by atoms with Crippen LogP contribution in [-0.4, -0.2) is 46.1 Å². The van der Waals surface area contributed by atoms with Gasteiger partial charge in [-0.2, -0.15) is 0 Å². The third-order valence-corrected chi connectivity index (χ3v) is 12.7. The Morgan fingerprint density at radius 3 is 2.43 bits per heavy atom. The summed E-state index contributed by atoms with van der Waals surface area (Å²) in [5, 5.41) is 36.7. The van der Waals surface area contributed by atoms with Gasteiger partial charge in [-0.3, -0.25) is 4.79 Å². The van der Waals surface area contributed by atoms with Gasteiger partial charge in [0.1, 0.15) is 0 Å². The molecule has 0 radical (unpaired) electrons. The molecular weight excluding hydrogens is 522 g/mol. The summed E-state index contributed by atoms with van der Waals surface area (Å²) in [5.74, 6) is 13.7. The number of carbonyl (C=O) groups is 1. The van der Waals surface area contributed by atoms with Crippen LogP contribution in [0.25, 0.3) is 0 Å². The van der Waals surface area contributed by atoms with Gasteiger partial charge in [-0.05, 0) is 129 Å². The molecule has 1 amide bonds. The van der Waals surface area contributed by atoms with Crippen LogP contribution >= 0.6 is 0 Å². The first-order chi connectivity index (χ1) is 20.1. The van der Waals surface area contributed by atoms with Crippen molar-refractivity contribution in [2.45, 2.75) is 149 Å². The van der Waals surface area contributed by atoms with Gasteiger partial charge in [0, 0.05) is 19.4 Å². The number of hydrogen-bond donors (Lipinski definition) is 4. The van der Waals surface area contributed by atoms with Crippen LogP contribution in [0.4, 0.5) is 0 Å². The highest BCUT2D eigenvalue weighted by atomic mass is 16.3. The first-order valence-corrected chi connectivity index (χ1v) is 17.3. The first-order valence-electron chi connectivity index (χ1n) is 17.3. The zero-order valence-electron chi connectivity index (χ0n) is 27.0. The van der Waals surface area contributed by atoms with Crippen LogP contribution < -0.4 is 5.32 Å². The second-order valence-electron chi connectivity index (χ2n) is 14.9. The number of amides is 1. The lowest BCUT2D eigenvalue weighted by atomic mass is 9.43. The van der Waals surface area contributed by atoms with Gasteiger partial charge < -0.3 is 20.6 Å². The molecule has 5 nitrogen and oxygen atoms in total.